The number of ether oxygens (including phenoxy) is 3. The summed E-state index contributed by atoms with van der Waals surface area (Å²) in [6.07, 6.45) is -0.648. The highest BCUT2D eigenvalue weighted by molar-refractivity contribution is 6.06. The van der Waals surface area contributed by atoms with Gasteiger partial charge in [0.2, 0.25) is 11.7 Å². The van der Waals surface area contributed by atoms with Gasteiger partial charge in [-0.25, -0.2) is 19.7 Å². The predicted octanol–water partition coefficient (Wildman–Crippen LogP) is 5.00. The first-order chi connectivity index (χ1) is 24.0. The van der Waals surface area contributed by atoms with Crippen molar-refractivity contribution in [2.24, 2.45) is 0 Å². The summed E-state index contributed by atoms with van der Waals surface area (Å²) in [6, 6.07) is 9.04. The fraction of sp³-hybridized carbons (Fsp3) is 0.382. The Morgan fingerprint density at radius 2 is 1.90 bits per heavy atom. The van der Waals surface area contributed by atoms with Crippen molar-refractivity contribution in [1.82, 2.24) is 19.9 Å². The van der Waals surface area contributed by atoms with E-state index in [0.717, 1.165) is 16.8 Å². The van der Waals surface area contributed by atoms with Gasteiger partial charge in [0.1, 0.15) is 34.5 Å². The van der Waals surface area contributed by atoms with Gasteiger partial charge < -0.3 is 38.9 Å². The average molecular weight is 692 g/mol. The van der Waals surface area contributed by atoms with E-state index in [9.17, 15) is 23.1 Å². The average Bonchev–Trinajstić information content (AvgIpc) is 3.69. The highest BCUT2D eigenvalue weighted by Gasteiger charge is 2.50. The van der Waals surface area contributed by atoms with E-state index in [1.807, 2.05) is 19.1 Å². The number of nitrogens with one attached hydrogen (secondary N) is 1. The summed E-state index contributed by atoms with van der Waals surface area (Å²) >= 11 is 0. The largest absolute Gasteiger partial charge is 0.480 e. The summed E-state index contributed by atoms with van der Waals surface area (Å²) in [6.45, 7) is 3.79. The Morgan fingerprint density at radius 3 is 2.64 bits per heavy atom. The van der Waals surface area contributed by atoms with Crippen molar-refractivity contribution in [2.45, 2.75) is 43.3 Å². The molecular weight excluding hydrogens is 659 g/mol. The summed E-state index contributed by atoms with van der Waals surface area (Å²) in [5.41, 5.74) is 2.77. The van der Waals surface area contributed by atoms with Gasteiger partial charge in [-0.2, -0.15) is 13.2 Å². The second-order valence-electron chi connectivity index (χ2n) is 12.7. The maximum Gasteiger partial charge on any atom is 0.451 e. The van der Waals surface area contributed by atoms with Crippen molar-refractivity contribution >= 4 is 45.2 Å². The van der Waals surface area contributed by atoms with Crippen LogP contribution in [0, 0.1) is 0 Å². The number of alkyl halides is 3. The Balaban J connectivity index is 1.18. The maximum absolute atomic E-state index is 14.1. The molecule has 16 heteroatoms. The lowest BCUT2D eigenvalue weighted by atomic mass is 9.90. The van der Waals surface area contributed by atoms with Crippen molar-refractivity contribution in [2.75, 3.05) is 55.1 Å². The van der Waals surface area contributed by atoms with Crippen molar-refractivity contribution in [3.05, 3.63) is 60.8 Å². The number of hydrogen-bond acceptors (Lipinski definition) is 12. The number of aliphatic carboxylic acids is 1. The molecule has 3 aliphatic rings. The Kier molecular flexibility index (Phi) is 7.67. The third-order valence-electron chi connectivity index (χ3n) is 9.70. The number of carbonyl (C=O) groups is 1. The molecule has 3 fully saturated rings. The fourth-order valence-electron chi connectivity index (χ4n) is 6.94. The smallest absolute Gasteiger partial charge is 0.451 e. The van der Waals surface area contributed by atoms with Crippen LogP contribution in [0.15, 0.2) is 59.4 Å². The van der Waals surface area contributed by atoms with E-state index >= 15 is 0 Å². The van der Waals surface area contributed by atoms with Gasteiger partial charge in [0.15, 0.2) is 11.4 Å². The van der Waals surface area contributed by atoms with Crippen molar-refractivity contribution in [3.63, 3.8) is 0 Å². The van der Waals surface area contributed by atoms with Gasteiger partial charge in [0.05, 0.1) is 38.1 Å². The summed E-state index contributed by atoms with van der Waals surface area (Å²) in [5, 5.41) is 13.8. The number of carboxylic acids is 1. The molecule has 0 aliphatic carbocycles. The molecule has 7 heterocycles. The minimum absolute atomic E-state index is 0.0400. The minimum atomic E-state index is -4.89. The molecule has 0 saturated carbocycles. The van der Waals surface area contributed by atoms with Gasteiger partial charge >= 0.3 is 12.1 Å². The number of nitrogens with zero attached hydrogens (tertiary/aromatic N) is 6. The number of aromatic nitrogens is 4. The van der Waals surface area contributed by atoms with Crippen LogP contribution in [0.1, 0.15) is 19.2 Å². The lowest BCUT2D eigenvalue weighted by Crippen LogP contribution is -2.68. The van der Waals surface area contributed by atoms with E-state index in [2.05, 4.69) is 25.2 Å². The maximum atomic E-state index is 14.1. The number of para-hydroxylation sites is 1. The molecular formula is C34H32F3N7O6. The van der Waals surface area contributed by atoms with Gasteiger partial charge in [0, 0.05) is 55.1 Å². The van der Waals surface area contributed by atoms with Crippen molar-refractivity contribution in [3.8, 4) is 17.0 Å². The molecule has 0 bridgehead atoms. The molecule has 3 saturated heterocycles. The summed E-state index contributed by atoms with van der Waals surface area (Å²) in [5.74, 6) is -2.67. The zero-order chi connectivity index (χ0) is 34.8. The van der Waals surface area contributed by atoms with Gasteiger partial charge in [0.25, 0.3) is 0 Å². The first-order valence-corrected chi connectivity index (χ1v) is 16.1. The predicted molar refractivity (Wildman–Crippen MR) is 175 cm³/mol. The van der Waals surface area contributed by atoms with Crippen LogP contribution in [0.3, 0.4) is 0 Å². The summed E-state index contributed by atoms with van der Waals surface area (Å²) in [7, 11) is 1.80. The normalized spacial score (nSPS) is 21.9. The number of pyridine rings is 2. The third-order valence-corrected chi connectivity index (χ3v) is 9.70. The van der Waals surface area contributed by atoms with Crippen LogP contribution >= 0.6 is 0 Å². The number of hydrogen-bond donors (Lipinski definition) is 2. The Bertz CT molecular complexity index is 2110. The van der Waals surface area contributed by atoms with Crippen LogP contribution in [0.25, 0.3) is 33.2 Å². The molecule has 1 unspecified atom stereocenters. The van der Waals surface area contributed by atoms with Gasteiger partial charge in [-0.15, -0.1) is 0 Å². The van der Waals surface area contributed by atoms with Gasteiger partial charge in [-0.1, -0.05) is 12.1 Å². The second kappa shape index (κ2) is 12.0. The number of furan rings is 1. The first-order valence-electron chi connectivity index (χ1n) is 16.1. The Hall–Kier alpha value is -5.22. The van der Waals surface area contributed by atoms with Gasteiger partial charge in [-0.3, -0.25) is 4.98 Å². The number of fused-ring (bicyclic) bond motifs is 3. The highest BCUT2D eigenvalue weighted by Crippen LogP contribution is 2.42. The number of halogens is 3. The van der Waals surface area contributed by atoms with Crippen LogP contribution < -0.4 is 19.9 Å². The zero-order valence-corrected chi connectivity index (χ0v) is 27.0. The third kappa shape index (κ3) is 5.38. The van der Waals surface area contributed by atoms with Crippen LogP contribution in [-0.2, 0) is 20.4 Å². The van der Waals surface area contributed by atoms with E-state index in [4.69, 9.17) is 23.6 Å². The molecule has 50 heavy (non-hydrogen) atoms. The molecule has 13 nitrogen and oxygen atoms in total. The van der Waals surface area contributed by atoms with E-state index in [-0.39, 0.29) is 41.8 Å². The summed E-state index contributed by atoms with van der Waals surface area (Å²) < 4.78 is 66.4. The molecule has 4 aromatic heterocycles. The SMILES string of the molecule is CNc1cncc(-c2cnc(OC3C[C@@H](C(=O)O)N(c4nc(C(F)(F)F)nc5c4oc4ccccc45)C3)c(N3CCOC4(COC4)[C@@H]3C)c2)c1. The molecule has 0 amide bonds. The van der Waals surface area contributed by atoms with Crippen LogP contribution in [0.4, 0.5) is 30.4 Å². The van der Waals surface area contributed by atoms with Gasteiger partial charge in [-0.05, 0) is 31.2 Å². The summed E-state index contributed by atoms with van der Waals surface area (Å²) in [4.78, 5) is 32.8. The number of carboxylic acid groups (broad SMARTS) is 1. The Labute approximate surface area is 283 Å². The molecule has 1 spiro atoms. The lowest BCUT2D eigenvalue weighted by Gasteiger charge is -2.53. The Morgan fingerprint density at radius 1 is 1.10 bits per heavy atom. The molecule has 260 valence electrons. The van der Waals surface area contributed by atoms with E-state index in [1.54, 1.807) is 49.9 Å². The number of benzene rings is 1. The van der Waals surface area contributed by atoms with E-state index in [1.165, 1.54) is 4.90 Å². The van der Waals surface area contributed by atoms with E-state index < -0.39 is 35.7 Å². The van der Waals surface area contributed by atoms with Crippen LogP contribution in [0.5, 0.6) is 5.88 Å². The van der Waals surface area contributed by atoms with Crippen LogP contribution in [-0.4, -0.2) is 94.8 Å². The number of morpholine rings is 1. The second-order valence-corrected chi connectivity index (χ2v) is 12.7. The topological polar surface area (TPSA) is 148 Å². The van der Waals surface area contributed by atoms with Crippen molar-refractivity contribution in [1.29, 1.82) is 0 Å². The van der Waals surface area contributed by atoms with E-state index in [0.29, 0.717) is 43.0 Å². The first kappa shape index (κ1) is 32.0. The van der Waals surface area contributed by atoms with Crippen LogP contribution in [0.2, 0.25) is 0 Å². The molecule has 3 atom stereocenters. The number of rotatable bonds is 7. The molecule has 2 N–H and O–H groups in total. The molecule has 3 aliphatic heterocycles. The van der Waals surface area contributed by atoms with Crippen molar-refractivity contribution < 1.29 is 41.7 Å². The standard InChI is InChI=1S/C34H32F3N7O6/c1-18-33(16-47-17-33)48-8-7-43(18)24-10-20(19-9-21(38-2)14-39-12-19)13-40-30(24)49-22-11-25(31(45)46)44(15-22)29-28-27(41-32(42-29)34(35,36)37)23-5-3-4-6-26(23)50-28/h3-6,9-10,12-14,18,22,25,38H,7-8,11,15-17H2,1-2H3,(H,45,46)/t18-,22?,25-/m0/s1. The zero-order valence-electron chi connectivity index (χ0n) is 27.0. The highest BCUT2D eigenvalue weighted by atomic mass is 19.4. The quantitative estimate of drug-likeness (QED) is 0.236. The molecule has 5 aromatic rings. The molecule has 1 aromatic carbocycles. The molecule has 8 rings (SSSR count). The minimum Gasteiger partial charge on any atom is -0.480 e. The fourth-order valence-corrected chi connectivity index (χ4v) is 6.94. The lowest BCUT2D eigenvalue weighted by molar-refractivity contribution is -0.228. The molecule has 0 radical (unpaired) electrons. The monoisotopic (exact) mass is 691 g/mol. The number of anilines is 3.